The van der Waals surface area contributed by atoms with Crippen molar-refractivity contribution >= 4 is 30.4 Å². The zero-order valence-electron chi connectivity index (χ0n) is 17.5. The molecule has 4 nitrogen and oxygen atoms in total. The molecule has 0 unspecified atom stereocenters. The Morgan fingerprint density at radius 2 is 0.879 bits per heavy atom. The van der Waals surface area contributed by atoms with E-state index in [1.54, 1.807) is 36.4 Å². The summed E-state index contributed by atoms with van der Waals surface area (Å²) in [6, 6.07) is 28.2. The second-order valence-corrected chi connectivity index (χ2v) is 12.4. The first-order valence-corrected chi connectivity index (χ1v) is 13.7. The molecule has 2 aliphatic carbocycles. The molecule has 0 fully saturated rings. The van der Waals surface area contributed by atoms with Gasteiger partial charge in [0.25, 0.3) is 0 Å². The summed E-state index contributed by atoms with van der Waals surface area (Å²) >= 11 is 0. The van der Waals surface area contributed by atoms with E-state index in [0.717, 1.165) is 21.9 Å². The van der Waals surface area contributed by atoms with E-state index in [0.29, 0.717) is 6.42 Å². The molecule has 2 aliphatic rings. The summed E-state index contributed by atoms with van der Waals surface area (Å²) in [6.45, 7) is 0. The van der Waals surface area contributed by atoms with Gasteiger partial charge in [0.1, 0.15) is 0 Å². The summed E-state index contributed by atoms with van der Waals surface area (Å²) in [5, 5.41) is 2.04. The zero-order chi connectivity index (χ0) is 22.8. The number of sulfone groups is 2. The third-order valence-corrected chi connectivity index (χ3v) is 10.8. The van der Waals surface area contributed by atoms with Gasteiger partial charge in [-0.15, -0.1) is 0 Å². The molecular formula is C27H20O4S2. The molecule has 2 bridgehead atoms. The lowest BCUT2D eigenvalue weighted by Crippen LogP contribution is -2.19. The van der Waals surface area contributed by atoms with Crippen molar-refractivity contribution in [1.29, 1.82) is 0 Å². The number of hydrogen-bond donors (Lipinski definition) is 0. The van der Waals surface area contributed by atoms with Crippen LogP contribution in [0, 0.1) is 0 Å². The average Bonchev–Trinajstić information content (AvgIpc) is 3.41. The van der Waals surface area contributed by atoms with Crippen LogP contribution in [0.25, 0.3) is 10.8 Å². The Morgan fingerprint density at radius 1 is 0.515 bits per heavy atom. The van der Waals surface area contributed by atoms with E-state index in [-0.39, 0.29) is 19.6 Å². The highest BCUT2D eigenvalue weighted by atomic mass is 32.2. The zero-order valence-corrected chi connectivity index (χ0v) is 19.2. The lowest BCUT2D eigenvalue weighted by molar-refractivity contribution is 0.594. The van der Waals surface area contributed by atoms with E-state index < -0.39 is 31.5 Å². The van der Waals surface area contributed by atoms with Crippen molar-refractivity contribution in [2.24, 2.45) is 0 Å². The molecule has 4 aromatic rings. The molecule has 0 N–H and O–H groups in total. The molecule has 4 aromatic carbocycles. The molecule has 0 aliphatic heterocycles. The maximum absolute atomic E-state index is 13.9. The van der Waals surface area contributed by atoms with Crippen LogP contribution in [-0.2, 0) is 19.7 Å². The largest absolute Gasteiger partial charge is 0.219 e. The second-order valence-electron chi connectivity index (χ2n) is 8.53. The van der Waals surface area contributed by atoms with Gasteiger partial charge in [-0.05, 0) is 52.6 Å². The van der Waals surface area contributed by atoms with E-state index in [4.69, 9.17) is 0 Å². The van der Waals surface area contributed by atoms with Crippen molar-refractivity contribution in [2.75, 3.05) is 0 Å². The van der Waals surface area contributed by atoms with Gasteiger partial charge in [0.15, 0.2) is 0 Å². The van der Waals surface area contributed by atoms with Gasteiger partial charge >= 0.3 is 0 Å². The molecule has 0 aromatic heterocycles. The van der Waals surface area contributed by atoms with E-state index in [1.165, 1.54) is 24.3 Å². The van der Waals surface area contributed by atoms with Crippen LogP contribution in [0.15, 0.2) is 117 Å². The van der Waals surface area contributed by atoms with Crippen LogP contribution >= 0.6 is 0 Å². The average molecular weight is 473 g/mol. The van der Waals surface area contributed by atoms with E-state index in [2.05, 4.69) is 0 Å². The van der Waals surface area contributed by atoms with Crippen LogP contribution in [0.2, 0.25) is 0 Å². The summed E-state index contributed by atoms with van der Waals surface area (Å²) < 4.78 is 55.5. The Hall–Kier alpha value is -3.22. The van der Waals surface area contributed by atoms with Crippen LogP contribution in [0.1, 0.15) is 29.4 Å². The Bertz CT molecular complexity index is 1530. The van der Waals surface area contributed by atoms with Crippen molar-refractivity contribution in [1.82, 2.24) is 0 Å². The topological polar surface area (TPSA) is 68.3 Å². The Morgan fingerprint density at radius 3 is 1.27 bits per heavy atom. The van der Waals surface area contributed by atoms with Gasteiger partial charge in [0, 0.05) is 11.8 Å². The SMILES string of the molecule is O=S(=O)(C1=C(S(=O)(=O)c2ccccc2)[C@@H]2C[C@H]1c1cc3ccccc3cc12)c1ccccc1. The molecule has 0 saturated heterocycles. The smallest absolute Gasteiger partial charge is 0.204 e. The van der Waals surface area contributed by atoms with E-state index in [9.17, 15) is 16.8 Å². The summed E-state index contributed by atoms with van der Waals surface area (Å²) in [6.07, 6.45) is 0.453. The molecule has 0 spiro atoms. The second kappa shape index (κ2) is 7.14. The van der Waals surface area contributed by atoms with Crippen LogP contribution in [0.4, 0.5) is 0 Å². The fourth-order valence-electron chi connectivity index (χ4n) is 5.30. The molecule has 6 heteroatoms. The number of fused-ring (bicyclic) bond motifs is 6. The summed E-state index contributed by atoms with van der Waals surface area (Å²) in [4.78, 5) is 0.307. The van der Waals surface area contributed by atoms with Gasteiger partial charge in [-0.3, -0.25) is 0 Å². The van der Waals surface area contributed by atoms with Gasteiger partial charge < -0.3 is 0 Å². The third kappa shape index (κ3) is 2.94. The minimum Gasteiger partial charge on any atom is -0.219 e. The Balaban J connectivity index is 1.65. The summed E-state index contributed by atoms with van der Waals surface area (Å²) in [5.41, 5.74) is 1.83. The molecule has 0 radical (unpaired) electrons. The molecule has 6 rings (SSSR count). The molecule has 0 heterocycles. The lowest BCUT2D eigenvalue weighted by atomic mass is 9.93. The van der Waals surface area contributed by atoms with Gasteiger partial charge in [-0.1, -0.05) is 72.8 Å². The first-order valence-electron chi connectivity index (χ1n) is 10.8. The first kappa shape index (κ1) is 20.4. The predicted octanol–water partition coefficient (Wildman–Crippen LogP) is 5.58. The molecule has 0 saturated carbocycles. The van der Waals surface area contributed by atoms with E-state index in [1.807, 2.05) is 36.4 Å². The van der Waals surface area contributed by atoms with Crippen molar-refractivity contribution in [3.8, 4) is 0 Å². The van der Waals surface area contributed by atoms with Crippen molar-refractivity contribution in [3.63, 3.8) is 0 Å². The maximum atomic E-state index is 13.9. The van der Waals surface area contributed by atoms with Crippen LogP contribution in [-0.4, -0.2) is 16.8 Å². The summed E-state index contributed by atoms with van der Waals surface area (Å²) in [5.74, 6) is -0.957. The standard InChI is InChI=1S/C27H20O4S2/c28-32(29,20-11-3-1-4-12-20)26-24-17-25(27(26)33(30,31)21-13-5-2-6-14-21)23-16-19-10-8-7-9-18(19)15-22(23)24/h1-16,24-25H,17H2/t24-,25+. The van der Waals surface area contributed by atoms with Crippen molar-refractivity contribution in [3.05, 3.63) is 118 Å². The predicted molar refractivity (Wildman–Crippen MR) is 128 cm³/mol. The van der Waals surface area contributed by atoms with Gasteiger partial charge in [0.05, 0.1) is 19.6 Å². The third-order valence-electron chi connectivity index (χ3n) is 6.74. The minimum absolute atomic E-state index is 0.0327. The number of hydrogen-bond acceptors (Lipinski definition) is 4. The molecule has 2 atom stereocenters. The molecule has 164 valence electrons. The number of allylic oxidation sites excluding steroid dienone is 2. The van der Waals surface area contributed by atoms with Crippen LogP contribution < -0.4 is 0 Å². The highest BCUT2D eigenvalue weighted by molar-refractivity contribution is 7.99. The van der Waals surface area contributed by atoms with Crippen LogP contribution in [0.3, 0.4) is 0 Å². The summed E-state index contributed by atoms with van der Waals surface area (Å²) in [7, 11) is -8.01. The minimum atomic E-state index is -4.01. The van der Waals surface area contributed by atoms with Gasteiger partial charge in [-0.2, -0.15) is 0 Å². The Labute approximate surface area is 193 Å². The molecular weight excluding hydrogens is 452 g/mol. The quantitative estimate of drug-likeness (QED) is 0.389. The van der Waals surface area contributed by atoms with Gasteiger partial charge in [-0.25, -0.2) is 16.8 Å². The molecule has 33 heavy (non-hydrogen) atoms. The normalized spacial score (nSPS) is 19.8. The molecule has 0 amide bonds. The fourth-order valence-corrected chi connectivity index (χ4v) is 9.51. The highest BCUT2D eigenvalue weighted by Crippen LogP contribution is 2.61. The van der Waals surface area contributed by atoms with Crippen molar-refractivity contribution < 1.29 is 16.8 Å². The van der Waals surface area contributed by atoms with Crippen molar-refractivity contribution in [2.45, 2.75) is 28.0 Å². The maximum Gasteiger partial charge on any atom is 0.204 e. The number of benzene rings is 4. The lowest BCUT2D eigenvalue weighted by Gasteiger charge is -2.23. The van der Waals surface area contributed by atoms with E-state index >= 15 is 0 Å². The van der Waals surface area contributed by atoms with Gasteiger partial charge in [0.2, 0.25) is 19.7 Å². The Kier molecular flexibility index (Phi) is 4.41. The monoisotopic (exact) mass is 472 g/mol. The highest BCUT2D eigenvalue weighted by Gasteiger charge is 2.52. The fraction of sp³-hybridized carbons (Fsp3) is 0.111. The van der Waals surface area contributed by atoms with Crippen LogP contribution in [0.5, 0.6) is 0 Å². The first-order chi connectivity index (χ1) is 15.9. The number of rotatable bonds is 4.